The molecule has 0 atom stereocenters. The van der Waals surface area contributed by atoms with Crippen LogP contribution in [0.3, 0.4) is 0 Å². The van der Waals surface area contributed by atoms with Crippen molar-refractivity contribution in [2.75, 3.05) is 18.8 Å². The number of hydrogen-bond donors (Lipinski definition) is 0. The lowest BCUT2D eigenvalue weighted by atomic mass is 10.1. The summed E-state index contributed by atoms with van der Waals surface area (Å²) in [5.74, 6) is 1.32. The number of likely N-dealkylation sites (tertiary alicyclic amines) is 1. The third-order valence-corrected chi connectivity index (χ3v) is 5.26. The molecule has 1 aliphatic heterocycles. The van der Waals surface area contributed by atoms with Crippen molar-refractivity contribution in [3.8, 4) is 11.4 Å². The summed E-state index contributed by atoms with van der Waals surface area (Å²) in [6, 6.07) is 11.9. The van der Waals surface area contributed by atoms with Gasteiger partial charge in [0.25, 0.3) is 0 Å². The van der Waals surface area contributed by atoms with Crippen LogP contribution in [0.4, 0.5) is 0 Å². The van der Waals surface area contributed by atoms with E-state index in [-0.39, 0.29) is 5.91 Å². The van der Waals surface area contributed by atoms with Crippen LogP contribution in [0.25, 0.3) is 17.0 Å². The highest BCUT2D eigenvalue weighted by atomic mass is 32.2. The second-order valence-electron chi connectivity index (χ2n) is 6.21. The summed E-state index contributed by atoms with van der Waals surface area (Å²) in [6.45, 7) is 3.82. The smallest absolute Gasteiger partial charge is 0.232 e. The zero-order valence-corrected chi connectivity index (χ0v) is 14.9. The molecule has 0 spiro atoms. The van der Waals surface area contributed by atoms with Crippen molar-refractivity contribution in [3.63, 3.8) is 0 Å². The van der Waals surface area contributed by atoms with Gasteiger partial charge in [0, 0.05) is 18.7 Å². The molecule has 0 radical (unpaired) electrons. The third kappa shape index (κ3) is 3.37. The quantitative estimate of drug-likeness (QED) is 0.675. The highest BCUT2D eigenvalue weighted by molar-refractivity contribution is 7.99. The van der Waals surface area contributed by atoms with E-state index in [1.807, 2.05) is 41.3 Å². The number of aromatic nitrogens is 4. The summed E-state index contributed by atoms with van der Waals surface area (Å²) in [5, 5.41) is 13.9. The second kappa shape index (κ2) is 6.84. The minimum atomic E-state index is 0.187. The van der Waals surface area contributed by atoms with Crippen LogP contribution in [-0.2, 0) is 4.79 Å². The van der Waals surface area contributed by atoms with E-state index in [0.29, 0.717) is 17.2 Å². The Morgan fingerprint density at radius 2 is 1.84 bits per heavy atom. The van der Waals surface area contributed by atoms with Crippen molar-refractivity contribution in [2.45, 2.75) is 24.8 Å². The SMILES string of the molecule is Cc1ccc(-c2nnc3ccc(SCC(=O)N4CCCC4)nn23)cc1. The average molecular weight is 353 g/mol. The average Bonchev–Trinajstić information content (AvgIpc) is 3.30. The molecular formula is C18H19N5OS. The molecule has 3 aromatic rings. The minimum Gasteiger partial charge on any atom is -0.342 e. The van der Waals surface area contributed by atoms with Gasteiger partial charge >= 0.3 is 0 Å². The van der Waals surface area contributed by atoms with Crippen LogP contribution in [0.5, 0.6) is 0 Å². The largest absolute Gasteiger partial charge is 0.342 e. The number of rotatable bonds is 4. The van der Waals surface area contributed by atoms with Gasteiger partial charge in [-0.2, -0.15) is 9.61 Å². The second-order valence-corrected chi connectivity index (χ2v) is 7.20. The molecule has 0 bridgehead atoms. The van der Waals surface area contributed by atoms with Crippen molar-refractivity contribution in [2.24, 2.45) is 0 Å². The lowest BCUT2D eigenvalue weighted by Gasteiger charge is -2.14. The number of nitrogens with zero attached hydrogens (tertiary/aromatic N) is 5. The van der Waals surface area contributed by atoms with E-state index >= 15 is 0 Å². The molecule has 25 heavy (non-hydrogen) atoms. The number of fused-ring (bicyclic) bond motifs is 1. The first-order valence-electron chi connectivity index (χ1n) is 8.41. The predicted octanol–water partition coefficient (Wildman–Crippen LogP) is 2.81. The molecule has 1 aliphatic rings. The van der Waals surface area contributed by atoms with Crippen LogP contribution in [0.1, 0.15) is 18.4 Å². The van der Waals surface area contributed by atoms with Gasteiger partial charge in [0.2, 0.25) is 5.91 Å². The van der Waals surface area contributed by atoms with E-state index in [1.54, 1.807) is 4.52 Å². The number of hydrogen-bond acceptors (Lipinski definition) is 5. The Balaban J connectivity index is 1.55. The van der Waals surface area contributed by atoms with Crippen LogP contribution in [0.2, 0.25) is 0 Å². The van der Waals surface area contributed by atoms with E-state index in [0.717, 1.165) is 36.5 Å². The van der Waals surface area contributed by atoms with Gasteiger partial charge in [-0.1, -0.05) is 41.6 Å². The molecule has 0 unspecified atom stereocenters. The third-order valence-electron chi connectivity index (χ3n) is 4.35. The van der Waals surface area contributed by atoms with Crippen molar-refractivity contribution in [1.29, 1.82) is 0 Å². The van der Waals surface area contributed by atoms with Crippen LogP contribution in [-0.4, -0.2) is 49.5 Å². The maximum atomic E-state index is 12.2. The first-order chi connectivity index (χ1) is 12.2. The zero-order chi connectivity index (χ0) is 17.2. The van der Waals surface area contributed by atoms with E-state index < -0.39 is 0 Å². The number of benzene rings is 1. The van der Waals surface area contributed by atoms with E-state index in [2.05, 4.69) is 22.2 Å². The molecule has 1 aromatic carbocycles. The fourth-order valence-corrected chi connectivity index (χ4v) is 3.68. The van der Waals surface area contributed by atoms with Gasteiger partial charge in [-0.3, -0.25) is 4.79 Å². The van der Waals surface area contributed by atoms with Crippen molar-refractivity contribution >= 4 is 23.3 Å². The maximum absolute atomic E-state index is 12.2. The monoisotopic (exact) mass is 353 g/mol. The summed E-state index contributed by atoms with van der Waals surface area (Å²) >= 11 is 1.46. The van der Waals surface area contributed by atoms with Crippen LogP contribution in [0.15, 0.2) is 41.4 Å². The van der Waals surface area contributed by atoms with Gasteiger partial charge in [0.1, 0.15) is 5.03 Å². The molecule has 7 heteroatoms. The Morgan fingerprint density at radius 1 is 1.08 bits per heavy atom. The number of aryl methyl sites for hydroxylation is 1. The van der Waals surface area contributed by atoms with Crippen molar-refractivity contribution in [3.05, 3.63) is 42.0 Å². The Bertz CT molecular complexity index is 899. The molecule has 0 saturated carbocycles. The van der Waals surface area contributed by atoms with Gasteiger partial charge in [0.15, 0.2) is 11.5 Å². The first-order valence-corrected chi connectivity index (χ1v) is 9.39. The summed E-state index contributed by atoms with van der Waals surface area (Å²) in [4.78, 5) is 14.1. The van der Waals surface area contributed by atoms with Gasteiger partial charge in [-0.25, -0.2) is 0 Å². The van der Waals surface area contributed by atoms with Crippen LogP contribution < -0.4 is 0 Å². The zero-order valence-electron chi connectivity index (χ0n) is 14.1. The lowest BCUT2D eigenvalue weighted by Crippen LogP contribution is -2.29. The molecule has 1 amide bonds. The topological polar surface area (TPSA) is 63.4 Å². The Hall–Kier alpha value is -2.41. The highest BCUT2D eigenvalue weighted by Gasteiger charge is 2.18. The highest BCUT2D eigenvalue weighted by Crippen LogP contribution is 2.21. The molecule has 1 saturated heterocycles. The fourth-order valence-electron chi connectivity index (χ4n) is 2.93. The number of carbonyl (C=O) groups is 1. The molecule has 1 fully saturated rings. The van der Waals surface area contributed by atoms with Gasteiger partial charge < -0.3 is 4.90 Å². The number of carbonyl (C=O) groups excluding carboxylic acids is 1. The van der Waals surface area contributed by atoms with Gasteiger partial charge in [-0.05, 0) is 31.9 Å². The van der Waals surface area contributed by atoms with Crippen molar-refractivity contribution in [1.82, 2.24) is 24.7 Å². The van der Waals surface area contributed by atoms with E-state index in [4.69, 9.17) is 0 Å². The Morgan fingerprint density at radius 3 is 2.60 bits per heavy atom. The molecule has 0 N–H and O–H groups in total. The standard InChI is InChI=1S/C18H19N5OS/c1-13-4-6-14(7-5-13)18-20-19-15-8-9-16(21-23(15)18)25-12-17(24)22-10-2-3-11-22/h4-9H,2-3,10-12H2,1H3. The first kappa shape index (κ1) is 16.1. The summed E-state index contributed by atoms with van der Waals surface area (Å²) in [5.41, 5.74) is 2.87. The molecule has 128 valence electrons. The molecule has 6 nitrogen and oxygen atoms in total. The summed E-state index contributed by atoms with van der Waals surface area (Å²) in [6.07, 6.45) is 2.22. The van der Waals surface area contributed by atoms with Gasteiger partial charge in [0.05, 0.1) is 5.75 Å². The summed E-state index contributed by atoms with van der Waals surface area (Å²) in [7, 11) is 0. The van der Waals surface area contributed by atoms with Gasteiger partial charge in [-0.15, -0.1) is 10.2 Å². The van der Waals surface area contributed by atoms with Crippen molar-refractivity contribution < 1.29 is 4.79 Å². The van der Waals surface area contributed by atoms with Crippen LogP contribution in [0, 0.1) is 6.92 Å². The van der Waals surface area contributed by atoms with E-state index in [9.17, 15) is 4.79 Å². The number of amides is 1. The lowest BCUT2D eigenvalue weighted by molar-refractivity contribution is -0.127. The Labute approximate surface area is 150 Å². The molecular weight excluding hydrogens is 334 g/mol. The predicted molar refractivity (Wildman–Crippen MR) is 97.5 cm³/mol. The normalized spacial score (nSPS) is 14.4. The number of thioether (sulfide) groups is 1. The molecule has 2 aromatic heterocycles. The summed E-state index contributed by atoms with van der Waals surface area (Å²) < 4.78 is 1.74. The fraction of sp³-hybridized carbons (Fsp3) is 0.333. The molecule has 3 heterocycles. The minimum absolute atomic E-state index is 0.187. The Kier molecular flexibility index (Phi) is 4.40. The molecule has 0 aliphatic carbocycles. The van der Waals surface area contributed by atoms with E-state index in [1.165, 1.54) is 17.3 Å². The molecule has 4 rings (SSSR count). The maximum Gasteiger partial charge on any atom is 0.232 e. The van der Waals surface area contributed by atoms with Crippen LogP contribution >= 0.6 is 11.8 Å².